The van der Waals surface area contributed by atoms with E-state index in [0.717, 1.165) is 34.6 Å². The Balaban J connectivity index is 1.78. The van der Waals surface area contributed by atoms with Crippen molar-refractivity contribution in [3.63, 3.8) is 0 Å². The molecule has 1 aromatic heterocycles. The standard InChI is InChI=1S/C17H18BrN3O/c1-12-10-14(18)4-5-15(12)20-17(22)13-6-7-19-16(11-13)21-8-2-3-9-21/h4-7,10-11H,2-3,8-9H2,1H3,(H,20,22). The normalized spacial score (nSPS) is 14.2. The Kier molecular flexibility index (Phi) is 4.43. The third-order valence-electron chi connectivity index (χ3n) is 3.87. The maximum absolute atomic E-state index is 12.4. The number of aryl methyl sites for hydroxylation is 1. The number of nitrogens with zero attached hydrogens (tertiary/aromatic N) is 2. The van der Waals surface area contributed by atoms with E-state index >= 15 is 0 Å². The fraction of sp³-hybridized carbons (Fsp3) is 0.294. The van der Waals surface area contributed by atoms with Gasteiger partial charge in [0.1, 0.15) is 5.82 Å². The first-order valence-corrected chi connectivity index (χ1v) is 8.21. The van der Waals surface area contributed by atoms with Crippen LogP contribution in [0.5, 0.6) is 0 Å². The Morgan fingerprint density at radius 1 is 1.23 bits per heavy atom. The van der Waals surface area contributed by atoms with Crippen molar-refractivity contribution in [1.29, 1.82) is 0 Å². The average Bonchev–Trinajstić information content (AvgIpc) is 3.04. The lowest BCUT2D eigenvalue weighted by Gasteiger charge is -2.17. The third kappa shape index (κ3) is 3.30. The van der Waals surface area contributed by atoms with Crippen molar-refractivity contribution in [3.05, 3.63) is 52.1 Å². The van der Waals surface area contributed by atoms with Crippen LogP contribution in [0.3, 0.4) is 0 Å². The highest BCUT2D eigenvalue weighted by molar-refractivity contribution is 9.10. The summed E-state index contributed by atoms with van der Waals surface area (Å²) < 4.78 is 1.00. The lowest BCUT2D eigenvalue weighted by molar-refractivity contribution is 0.102. The van der Waals surface area contributed by atoms with E-state index in [1.165, 1.54) is 12.8 Å². The number of hydrogen-bond donors (Lipinski definition) is 1. The summed E-state index contributed by atoms with van der Waals surface area (Å²) in [5, 5.41) is 2.97. The van der Waals surface area contributed by atoms with Crippen molar-refractivity contribution in [3.8, 4) is 0 Å². The van der Waals surface area contributed by atoms with Crippen LogP contribution in [0.25, 0.3) is 0 Å². The van der Waals surface area contributed by atoms with Crippen molar-refractivity contribution < 1.29 is 4.79 Å². The average molecular weight is 360 g/mol. The molecule has 1 aliphatic rings. The number of rotatable bonds is 3. The summed E-state index contributed by atoms with van der Waals surface area (Å²) in [5.74, 6) is 0.783. The van der Waals surface area contributed by atoms with Crippen LogP contribution >= 0.6 is 15.9 Å². The lowest BCUT2D eigenvalue weighted by atomic mass is 10.2. The summed E-state index contributed by atoms with van der Waals surface area (Å²) in [6, 6.07) is 9.43. The molecule has 2 heterocycles. The first-order chi connectivity index (χ1) is 10.6. The van der Waals surface area contributed by atoms with E-state index in [0.29, 0.717) is 5.56 Å². The highest BCUT2D eigenvalue weighted by Crippen LogP contribution is 2.22. The van der Waals surface area contributed by atoms with Crippen LogP contribution in [0, 0.1) is 6.92 Å². The van der Waals surface area contributed by atoms with Gasteiger partial charge in [-0.3, -0.25) is 4.79 Å². The molecule has 3 rings (SSSR count). The Morgan fingerprint density at radius 3 is 2.73 bits per heavy atom. The van der Waals surface area contributed by atoms with Gasteiger partial charge in [0.15, 0.2) is 0 Å². The maximum atomic E-state index is 12.4. The summed E-state index contributed by atoms with van der Waals surface area (Å²) in [4.78, 5) is 19.1. The highest BCUT2D eigenvalue weighted by Gasteiger charge is 2.15. The van der Waals surface area contributed by atoms with E-state index in [-0.39, 0.29) is 5.91 Å². The number of anilines is 2. The number of halogens is 1. The molecule has 0 atom stereocenters. The quantitative estimate of drug-likeness (QED) is 0.900. The number of benzene rings is 1. The van der Waals surface area contributed by atoms with Gasteiger partial charge in [0, 0.05) is 35.0 Å². The Labute approximate surface area is 138 Å². The van der Waals surface area contributed by atoms with E-state index < -0.39 is 0 Å². The van der Waals surface area contributed by atoms with Gasteiger partial charge < -0.3 is 10.2 Å². The molecule has 1 aromatic carbocycles. The molecular formula is C17H18BrN3O. The minimum atomic E-state index is -0.103. The molecule has 0 unspecified atom stereocenters. The van der Waals surface area contributed by atoms with E-state index in [4.69, 9.17) is 0 Å². The number of amides is 1. The van der Waals surface area contributed by atoms with Gasteiger partial charge in [-0.1, -0.05) is 15.9 Å². The van der Waals surface area contributed by atoms with Gasteiger partial charge in [0.2, 0.25) is 0 Å². The van der Waals surface area contributed by atoms with Gasteiger partial charge >= 0.3 is 0 Å². The molecule has 1 amide bonds. The zero-order valence-corrected chi connectivity index (χ0v) is 14.1. The molecule has 1 saturated heterocycles. The highest BCUT2D eigenvalue weighted by atomic mass is 79.9. The molecule has 0 spiro atoms. The van der Waals surface area contributed by atoms with Crippen LogP contribution in [0.2, 0.25) is 0 Å². The van der Waals surface area contributed by atoms with Gasteiger partial charge in [-0.2, -0.15) is 0 Å². The number of aromatic nitrogens is 1. The van der Waals surface area contributed by atoms with Gasteiger partial charge in [-0.05, 0) is 55.7 Å². The molecular weight excluding hydrogens is 342 g/mol. The summed E-state index contributed by atoms with van der Waals surface area (Å²) in [6.45, 7) is 4.01. The van der Waals surface area contributed by atoms with E-state index in [9.17, 15) is 4.79 Å². The van der Waals surface area contributed by atoms with Crippen molar-refractivity contribution >= 4 is 33.3 Å². The molecule has 114 valence electrons. The molecule has 0 aliphatic carbocycles. The van der Waals surface area contributed by atoms with Crippen molar-refractivity contribution in [2.75, 3.05) is 23.3 Å². The smallest absolute Gasteiger partial charge is 0.255 e. The number of hydrogen-bond acceptors (Lipinski definition) is 3. The van der Waals surface area contributed by atoms with Crippen LogP contribution in [0.1, 0.15) is 28.8 Å². The Morgan fingerprint density at radius 2 is 2.00 bits per heavy atom. The summed E-state index contributed by atoms with van der Waals surface area (Å²) in [6.07, 6.45) is 4.09. The van der Waals surface area contributed by atoms with Gasteiger partial charge in [0.05, 0.1) is 0 Å². The largest absolute Gasteiger partial charge is 0.357 e. The summed E-state index contributed by atoms with van der Waals surface area (Å²) in [5.41, 5.74) is 2.49. The zero-order valence-electron chi connectivity index (χ0n) is 12.5. The van der Waals surface area contributed by atoms with Crippen molar-refractivity contribution in [2.24, 2.45) is 0 Å². The fourth-order valence-corrected chi connectivity index (χ4v) is 3.12. The van der Waals surface area contributed by atoms with Crippen LogP contribution < -0.4 is 10.2 Å². The molecule has 22 heavy (non-hydrogen) atoms. The first kappa shape index (κ1) is 15.0. The third-order valence-corrected chi connectivity index (χ3v) is 4.37. The molecule has 0 radical (unpaired) electrons. The second-order valence-corrected chi connectivity index (χ2v) is 6.43. The van der Waals surface area contributed by atoms with Crippen LogP contribution in [-0.4, -0.2) is 24.0 Å². The second kappa shape index (κ2) is 6.48. The first-order valence-electron chi connectivity index (χ1n) is 7.42. The fourth-order valence-electron chi connectivity index (χ4n) is 2.64. The topological polar surface area (TPSA) is 45.2 Å². The monoisotopic (exact) mass is 359 g/mol. The predicted octanol–water partition coefficient (Wildman–Crippen LogP) is 4.01. The maximum Gasteiger partial charge on any atom is 0.255 e. The lowest BCUT2D eigenvalue weighted by Crippen LogP contribution is -2.20. The number of carbonyl (C=O) groups is 1. The second-order valence-electron chi connectivity index (χ2n) is 5.51. The van der Waals surface area contributed by atoms with E-state index in [1.54, 1.807) is 12.3 Å². The molecule has 0 saturated carbocycles. The predicted molar refractivity (Wildman–Crippen MR) is 92.5 cm³/mol. The molecule has 0 bridgehead atoms. The van der Waals surface area contributed by atoms with Crippen LogP contribution in [0.4, 0.5) is 11.5 Å². The zero-order chi connectivity index (χ0) is 15.5. The van der Waals surface area contributed by atoms with Gasteiger partial charge in [-0.25, -0.2) is 4.98 Å². The molecule has 1 aliphatic heterocycles. The molecule has 1 fully saturated rings. The van der Waals surface area contributed by atoms with E-state index in [2.05, 4.69) is 31.1 Å². The molecule has 4 nitrogen and oxygen atoms in total. The number of nitrogens with one attached hydrogen (secondary N) is 1. The Hall–Kier alpha value is -1.88. The van der Waals surface area contributed by atoms with Crippen LogP contribution in [-0.2, 0) is 0 Å². The van der Waals surface area contributed by atoms with Crippen molar-refractivity contribution in [1.82, 2.24) is 4.98 Å². The van der Waals surface area contributed by atoms with Gasteiger partial charge in [0.25, 0.3) is 5.91 Å². The molecule has 5 heteroatoms. The molecule has 1 N–H and O–H groups in total. The number of pyridine rings is 1. The minimum Gasteiger partial charge on any atom is -0.357 e. The Bertz CT molecular complexity index is 696. The van der Waals surface area contributed by atoms with Crippen molar-refractivity contribution in [2.45, 2.75) is 19.8 Å². The SMILES string of the molecule is Cc1cc(Br)ccc1NC(=O)c1ccnc(N2CCCC2)c1. The van der Waals surface area contributed by atoms with Crippen LogP contribution in [0.15, 0.2) is 41.0 Å². The number of carbonyl (C=O) groups excluding carboxylic acids is 1. The summed E-state index contributed by atoms with van der Waals surface area (Å²) in [7, 11) is 0. The van der Waals surface area contributed by atoms with E-state index in [1.807, 2.05) is 31.2 Å². The summed E-state index contributed by atoms with van der Waals surface area (Å²) >= 11 is 3.43. The molecule has 2 aromatic rings. The van der Waals surface area contributed by atoms with Gasteiger partial charge in [-0.15, -0.1) is 0 Å². The minimum absolute atomic E-state index is 0.103.